The lowest BCUT2D eigenvalue weighted by Gasteiger charge is -2.19. The molecule has 0 saturated carbocycles. The molecule has 104 valence electrons. The van der Waals surface area contributed by atoms with Crippen molar-refractivity contribution in [3.05, 3.63) is 64.7 Å². The first-order valence-corrected chi connectivity index (χ1v) is 6.48. The third-order valence-corrected chi connectivity index (χ3v) is 3.11. The molecule has 4 nitrogen and oxygen atoms in total. The number of hydrogen-bond donors (Lipinski definition) is 2. The summed E-state index contributed by atoms with van der Waals surface area (Å²) in [7, 11) is 0. The average molecular weight is 291 g/mol. The van der Waals surface area contributed by atoms with E-state index in [1.54, 1.807) is 24.3 Å². The van der Waals surface area contributed by atoms with Crippen LogP contribution in [0.4, 0.5) is 0 Å². The van der Waals surface area contributed by atoms with Gasteiger partial charge in [0.2, 0.25) is 6.10 Å². The van der Waals surface area contributed by atoms with Gasteiger partial charge in [-0.15, -0.1) is 0 Å². The second-order valence-electron chi connectivity index (χ2n) is 4.33. The molecule has 0 saturated heterocycles. The number of rotatable bonds is 4. The van der Waals surface area contributed by atoms with Crippen LogP contribution in [0.1, 0.15) is 17.2 Å². The van der Waals surface area contributed by atoms with Gasteiger partial charge in [0.1, 0.15) is 5.75 Å². The van der Waals surface area contributed by atoms with Crippen molar-refractivity contribution in [3.8, 4) is 5.75 Å². The van der Waals surface area contributed by atoms with Crippen molar-refractivity contribution in [2.75, 3.05) is 0 Å². The van der Waals surface area contributed by atoms with Gasteiger partial charge in [-0.3, -0.25) is 10.2 Å². The molecule has 0 aliphatic heterocycles. The molecule has 5 heteroatoms. The summed E-state index contributed by atoms with van der Waals surface area (Å²) in [5.74, 6) is 5.36. The first-order chi connectivity index (χ1) is 9.61. The van der Waals surface area contributed by atoms with Crippen molar-refractivity contribution in [2.45, 2.75) is 13.0 Å². The van der Waals surface area contributed by atoms with E-state index in [1.807, 2.05) is 31.2 Å². The zero-order chi connectivity index (χ0) is 14.5. The number of ether oxygens (including phenoxy) is 1. The van der Waals surface area contributed by atoms with Gasteiger partial charge in [0.25, 0.3) is 5.91 Å². The Bertz CT molecular complexity index is 602. The molecule has 0 aliphatic rings. The summed E-state index contributed by atoms with van der Waals surface area (Å²) < 4.78 is 5.79. The highest BCUT2D eigenvalue weighted by Crippen LogP contribution is 2.28. The summed E-state index contributed by atoms with van der Waals surface area (Å²) in [5, 5.41) is 0.547. The number of halogens is 1. The molecule has 2 aromatic rings. The average Bonchev–Trinajstić information content (AvgIpc) is 2.48. The lowest BCUT2D eigenvalue weighted by molar-refractivity contribution is -0.128. The number of nitrogens with one attached hydrogen (secondary N) is 1. The molecule has 20 heavy (non-hydrogen) atoms. The standard InChI is InChI=1S/C15H15ClN2O2/c1-10-7-8-12(16)9-13(10)20-14(15(19)18-17)11-5-3-2-4-6-11/h2-9,14H,17H2,1H3,(H,18,19). The number of amides is 1. The molecular weight excluding hydrogens is 276 g/mol. The molecule has 1 amide bonds. The van der Waals surface area contributed by atoms with E-state index in [4.69, 9.17) is 22.2 Å². The molecule has 0 bridgehead atoms. The van der Waals surface area contributed by atoms with Gasteiger partial charge in [0, 0.05) is 10.6 Å². The summed E-state index contributed by atoms with van der Waals surface area (Å²) in [4.78, 5) is 11.9. The van der Waals surface area contributed by atoms with E-state index in [0.717, 1.165) is 11.1 Å². The lowest BCUT2D eigenvalue weighted by Crippen LogP contribution is -2.37. The smallest absolute Gasteiger partial charge is 0.279 e. The third kappa shape index (κ3) is 3.29. The largest absolute Gasteiger partial charge is 0.475 e. The lowest BCUT2D eigenvalue weighted by atomic mass is 10.1. The quantitative estimate of drug-likeness (QED) is 0.517. The molecule has 2 rings (SSSR count). The van der Waals surface area contributed by atoms with Crippen LogP contribution in [0.2, 0.25) is 5.02 Å². The van der Waals surface area contributed by atoms with Crippen molar-refractivity contribution in [2.24, 2.45) is 5.84 Å². The van der Waals surface area contributed by atoms with Crippen LogP contribution < -0.4 is 16.0 Å². The summed E-state index contributed by atoms with van der Waals surface area (Å²) in [6.45, 7) is 1.88. The predicted molar refractivity (Wildman–Crippen MR) is 78.3 cm³/mol. The molecule has 0 radical (unpaired) electrons. The first-order valence-electron chi connectivity index (χ1n) is 6.10. The fourth-order valence-electron chi connectivity index (χ4n) is 1.80. The molecule has 1 unspecified atom stereocenters. The fourth-order valence-corrected chi connectivity index (χ4v) is 1.97. The molecule has 1 atom stereocenters. The van der Waals surface area contributed by atoms with Gasteiger partial charge >= 0.3 is 0 Å². The van der Waals surface area contributed by atoms with Gasteiger partial charge in [0.15, 0.2) is 0 Å². The van der Waals surface area contributed by atoms with Crippen LogP contribution in [0.3, 0.4) is 0 Å². The van der Waals surface area contributed by atoms with Crippen LogP contribution >= 0.6 is 11.6 Å². The SMILES string of the molecule is Cc1ccc(Cl)cc1OC(C(=O)NN)c1ccccc1. The molecule has 0 heterocycles. The molecule has 3 N–H and O–H groups in total. The zero-order valence-electron chi connectivity index (χ0n) is 11.0. The normalized spacial score (nSPS) is 11.8. The van der Waals surface area contributed by atoms with Gasteiger partial charge < -0.3 is 4.74 Å². The summed E-state index contributed by atoms with van der Waals surface area (Å²) in [5.41, 5.74) is 3.73. The van der Waals surface area contributed by atoms with Crippen molar-refractivity contribution >= 4 is 17.5 Å². The highest BCUT2D eigenvalue weighted by Gasteiger charge is 2.22. The molecule has 0 spiro atoms. The molecule has 2 aromatic carbocycles. The summed E-state index contributed by atoms with van der Waals surface area (Å²) in [6.07, 6.45) is -0.821. The molecule has 0 fully saturated rings. The Hall–Kier alpha value is -2.04. The number of hydrogen-bond acceptors (Lipinski definition) is 3. The number of benzene rings is 2. The number of aryl methyl sites for hydroxylation is 1. The van der Waals surface area contributed by atoms with Crippen LogP contribution in [0, 0.1) is 6.92 Å². The monoisotopic (exact) mass is 290 g/mol. The second-order valence-corrected chi connectivity index (χ2v) is 4.76. The minimum Gasteiger partial charge on any atom is -0.475 e. The van der Waals surface area contributed by atoms with Crippen LogP contribution in [-0.2, 0) is 4.79 Å². The Morgan fingerprint density at radius 1 is 1.25 bits per heavy atom. The Morgan fingerprint density at radius 3 is 2.60 bits per heavy atom. The van der Waals surface area contributed by atoms with E-state index < -0.39 is 12.0 Å². The van der Waals surface area contributed by atoms with Crippen molar-refractivity contribution in [1.82, 2.24) is 5.43 Å². The zero-order valence-corrected chi connectivity index (χ0v) is 11.7. The Labute approximate surface area is 122 Å². The van der Waals surface area contributed by atoms with Crippen LogP contribution in [0.25, 0.3) is 0 Å². The van der Waals surface area contributed by atoms with E-state index in [0.29, 0.717) is 10.8 Å². The first kappa shape index (κ1) is 14.4. The van der Waals surface area contributed by atoms with Crippen molar-refractivity contribution < 1.29 is 9.53 Å². The number of carbonyl (C=O) groups is 1. The highest BCUT2D eigenvalue weighted by atomic mass is 35.5. The van der Waals surface area contributed by atoms with Gasteiger partial charge in [-0.25, -0.2) is 5.84 Å². The van der Waals surface area contributed by atoms with E-state index in [1.165, 1.54) is 0 Å². The topological polar surface area (TPSA) is 64.3 Å². The highest BCUT2D eigenvalue weighted by molar-refractivity contribution is 6.30. The van der Waals surface area contributed by atoms with Gasteiger partial charge in [-0.2, -0.15) is 0 Å². The maximum Gasteiger partial charge on any atom is 0.279 e. The summed E-state index contributed by atoms with van der Waals surface area (Å²) in [6, 6.07) is 14.4. The van der Waals surface area contributed by atoms with Crippen LogP contribution in [-0.4, -0.2) is 5.91 Å². The van der Waals surface area contributed by atoms with Gasteiger partial charge in [-0.05, 0) is 24.6 Å². The van der Waals surface area contributed by atoms with Crippen LogP contribution in [0.15, 0.2) is 48.5 Å². The predicted octanol–water partition coefficient (Wildman–Crippen LogP) is 2.76. The number of nitrogens with two attached hydrogens (primary N) is 1. The maximum absolute atomic E-state index is 11.9. The van der Waals surface area contributed by atoms with Crippen LogP contribution in [0.5, 0.6) is 5.75 Å². The van der Waals surface area contributed by atoms with Crippen molar-refractivity contribution in [1.29, 1.82) is 0 Å². The number of hydrazine groups is 1. The second kappa shape index (κ2) is 6.41. The minimum absolute atomic E-state index is 0.421. The van der Waals surface area contributed by atoms with E-state index in [9.17, 15) is 4.79 Å². The minimum atomic E-state index is -0.821. The molecule has 0 aromatic heterocycles. The Kier molecular flexibility index (Phi) is 4.61. The van der Waals surface area contributed by atoms with Gasteiger partial charge in [0.05, 0.1) is 0 Å². The maximum atomic E-state index is 11.9. The van der Waals surface area contributed by atoms with E-state index in [2.05, 4.69) is 5.43 Å². The Balaban J connectivity index is 2.34. The van der Waals surface area contributed by atoms with E-state index >= 15 is 0 Å². The molecular formula is C15H15ClN2O2. The third-order valence-electron chi connectivity index (χ3n) is 2.88. The van der Waals surface area contributed by atoms with Crippen molar-refractivity contribution in [3.63, 3.8) is 0 Å². The van der Waals surface area contributed by atoms with Gasteiger partial charge in [-0.1, -0.05) is 48.0 Å². The van der Waals surface area contributed by atoms with E-state index in [-0.39, 0.29) is 0 Å². The Morgan fingerprint density at radius 2 is 1.95 bits per heavy atom. The molecule has 0 aliphatic carbocycles. The summed E-state index contributed by atoms with van der Waals surface area (Å²) >= 11 is 5.95. The number of carbonyl (C=O) groups excluding carboxylic acids is 1. The fraction of sp³-hybridized carbons (Fsp3) is 0.133.